The molecule has 1 aliphatic rings. The van der Waals surface area contributed by atoms with Crippen molar-refractivity contribution < 1.29 is 14.3 Å². The third kappa shape index (κ3) is 3.77. The van der Waals surface area contributed by atoms with Gasteiger partial charge in [-0.1, -0.05) is 18.2 Å². The Kier molecular flexibility index (Phi) is 5.09. The largest absolute Gasteiger partial charge is 0.480 e. The predicted octanol–water partition coefficient (Wildman–Crippen LogP) is 1.98. The second kappa shape index (κ2) is 6.81. The smallest absolute Gasteiger partial charge is 0.317 e. The molecule has 1 unspecified atom stereocenters. The van der Waals surface area contributed by atoms with Gasteiger partial charge in [0, 0.05) is 37.8 Å². The van der Waals surface area contributed by atoms with Crippen LogP contribution >= 0.6 is 0 Å². The second-order valence-electron chi connectivity index (χ2n) is 5.26. The number of halogens is 1. The molecule has 1 aromatic carbocycles. The molecule has 1 aliphatic heterocycles. The molecule has 1 atom stereocenters. The van der Waals surface area contributed by atoms with E-state index >= 15 is 0 Å². The van der Waals surface area contributed by atoms with Crippen molar-refractivity contribution in [1.29, 1.82) is 0 Å². The monoisotopic (exact) mass is 280 g/mol. The lowest BCUT2D eigenvalue weighted by atomic mass is 10.1. The van der Waals surface area contributed by atoms with E-state index in [1.54, 1.807) is 6.07 Å². The van der Waals surface area contributed by atoms with Gasteiger partial charge in [0.05, 0.1) is 6.54 Å². The fraction of sp³-hybridized carbons (Fsp3) is 0.533. The van der Waals surface area contributed by atoms with E-state index in [0.717, 1.165) is 26.1 Å². The Morgan fingerprint density at radius 3 is 2.75 bits per heavy atom. The van der Waals surface area contributed by atoms with Crippen LogP contribution in [-0.4, -0.2) is 53.6 Å². The molecule has 0 aromatic heterocycles. The number of aliphatic carboxylic acids is 1. The molecule has 0 bridgehead atoms. The predicted molar refractivity (Wildman–Crippen MR) is 75.1 cm³/mol. The average molecular weight is 280 g/mol. The molecule has 0 radical (unpaired) electrons. The highest BCUT2D eigenvalue weighted by atomic mass is 19.1. The standard InChI is InChI=1S/C15H21FN2O2/c1-12(13-5-2-3-6-14(13)16)18-8-4-7-17(9-10-18)11-15(19)20/h2-3,5-6,12H,4,7-11H2,1H3,(H,19,20). The van der Waals surface area contributed by atoms with Gasteiger partial charge in [-0.15, -0.1) is 0 Å². The van der Waals surface area contributed by atoms with E-state index in [2.05, 4.69) is 4.90 Å². The van der Waals surface area contributed by atoms with Crippen LogP contribution in [0.15, 0.2) is 24.3 Å². The molecule has 1 heterocycles. The fourth-order valence-corrected chi connectivity index (χ4v) is 2.74. The van der Waals surface area contributed by atoms with Gasteiger partial charge in [-0.3, -0.25) is 14.6 Å². The summed E-state index contributed by atoms with van der Waals surface area (Å²) in [7, 11) is 0. The van der Waals surface area contributed by atoms with Gasteiger partial charge < -0.3 is 5.11 Å². The first-order chi connectivity index (χ1) is 9.58. The molecule has 0 amide bonds. The molecule has 1 saturated heterocycles. The third-order valence-electron chi connectivity index (χ3n) is 3.89. The van der Waals surface area contributed by atoms with Crippen LogP contribution in [-0.2, 0) is 4.79 Å². The minimum atomic E-state index is -0.791. The third-order valence-corrected chi connectivity index (χ3v) is 3.89. The van der Waals surface area contributed by atoms with Gasteiger partial charge in [-0.25, -0.2) is 4.39 Å². The van der Waals surface area contributed by atoms with Crippen LogP contribution in [0.1, 0.15) is 24.9 Å². The zero-order valence-corrected chi connectivity index (χ0v) is 11.8. The molecular formula is C15H21FN2O2. The molecule has 110 valence electrons. The molecule has 0 spiro atoms. The minimum Gasteiger partial charge on any atom is -0.480 e. The van der Waals surface area contributed by atoms with Crippen LogP contribution < -0.4 is 0 Å². The van der Waals surface area contributed by atoms with E-state index in [4.69, 9.17) is 5.11 Å². The fourth-order valence-electron chi connectivity index (χ4n) is 2.74. The number of rotatable bonds is 4. The summed E-state index contributed by atoms with van der Waals surface area (Å²) in [6, 6.07) is 6.87. The van der Waals surface area contributed by atoms with Crippen LogP contribution in [0.25, 0.3) is 0 Å². The van der Waals surface area contributed by atoms with Gasteiger partial charge in [0.15, 0.2) is 0 Å². The number of carbonyl (C=O) groups is 1. The molecule has 0 saturated carbocycles. The summed E-state index contributed by atoms with van der Waals surface area (Å²) >= 11 is 0. The van der Waals surface area contributed by atoms with E-state index in [1.807, 2.05) is 24.0 Å². The van der Waals surface area contributed by atoms with Crippen molar-refractivity contribution in [2.75, 3.05) is 32.7 Å². The normalized spacial score (nSPS) is 19.5. The topological polar surface area (TPSA) is 43.8 Å². The number of hydrogen-bond donors (Lipinski definition) is 1. The minimum absolute atomic E-state index is 0.0148. The summed E-state index contributed by atoms with van der Waals surface area (Å²) in [4.78, 5) is 14.9. The summed E-state index contributed by atoms with van der Waals surface area (Å²) in [6.07, 6.45) is 0.909. The zero-order valence-electron chi connectivity index (χ0n) is 11.8. The van der Waals surface area contributed by atoms with Crippen LogP contribution in [0.4, 0.5) is 4.39 Å². The van der Waals surface area contributed by atoms with Crippen molar-refractivity contribution in [2.24, 2.45) is 0 Å². The summed E-state index contributed by atoms with van der Waals surface area (Å²) in [5, 5.41) is 8.84. The maximum atomic E-state index is 13.8. The summed E-state index contributed by atoms with van der Waals surface area (Å²) < 4.78 is 13.8. The van der Waals surface area contributed by atoms with Crippen molar-refractivity contribution in [3.63, 3.8) is 0 Å². The Morgan fingerprint density at radius 1 is 1.30 bits per heavy atom. The number of hydrogen-bond acceptors (Lipinski definition) is 3. The van der Waals surface area contributed by atoms with Gasteiger partial charge in [0.1, 0.15) is 5.82 Å². The summed E-state index contributed by atoms with van der Waals surface area (Å²) in [6.45, 7) is 5.22. The summed E-state index contributed by atoms with van der Waals surface area (Å²) in [5.41, 5.74) is 0.708. The van der Waals surface area contributed by atoms with E-state index in [0.29, 0.717) is 12.1 Å². The van der Waals surface area contributed by atoms with Crippen LogP contribution in [0.5, 0.6) is 0 Å². The highest BCUT2D eigenvalue weighted by molar-refractivity contribution is 5.69. The van der Waals surface area contributed by atoms with E-state index < -0.39 is 5.97 Å². The van der Waals surface area contributed by atoms with Gasteiger partial charge in [-0.2, -0.15) is 0 Å². The number of carboxylic acids is 1. The Bertz CT molecular complexity index is 467. The molecule has 1 aromatic rings. The first-order valence-corrected chi connectivity index (χ1v) is 7.00. The number of carboxylic acid groups (broad SMARTS) is 1. The molecule has 20 heavy (non-hydrogen) atoms. The van der Waals surface area contributed by atoms with Gasteiger partial charge in [0.25, 0.3) is 0 Å². The Hall–Kier alpha value is -1.46. The van der Waals surface area contributed by atoms with E-state index in [-0.39, 0.29) is 18.4 Å². The van der Waals surface area contributed by atoms with Crippen LogP contribution in [0.3, 0.4) is 0 Å². The quantitative estimate of drug-likeness (QED) is 0.916. The van der Waals surface area contributed by atoms with Crippen molar-refractivity contribution in [2.45, 2.75) is 19.4 Å². The molecule has 1 N–H and O–H groups in total. The Labute approximate surface area is 118 Å². The average Bonchev–Trinajstić information content (AvgIpc) is 2.63. The van der Waals surface area contributed by atoms with Gasteiger partial charge in [-0.05, 0) is 19.4 Å². The summed E-state index contributed by atoms with van der Waals surface area (Å²) in [5.74, 6) is -0.966. The van der Waals surface area contributed by atoms with Crippen LogP contribution in [0.2, 0.25) is 0 Å². The zero-order chi connectivity index (χ0) is 14.5. The van der Waals surface area contributed by atoms with Crippen molar-refractivity contribution in [3.05, 3.63) is 35.6 Å². The SMILES string of the molecule is CC(c1ccccc1F)N1CCCN(CC(=O)O)CC1. The van der Waals surface area contributed by atoms with Crippen LogP contribution in [0, 0.1) is 5.82 Å². The molecule has 2 rings (SSSR count). The molecule has 1 fully saturated rings. The first kappa shape index (κ1) is 14.9. The maximum Gasteiger partial charge on any atom is 0.317 e. The highest BCUT2D eigenvalue weighted by Crippen LogP contribution is 2.23. The molecule has 5 heteroatoms. The molecular weight excluding hydrogens is 259 g/mol. The first-order valence-electron chi connectivity index (χ1n) is 7.00. The van der Waals surface area contributed by atoms with E-state index in [9.17, 15) is 9.18 Å². The lowest BCUT2D eigenvalue weighted by molar-refractivity contribution is -0.138. The van der Waals surface area contributed by atoms with Crippen molar-refractivity contribution >= 4 is 5.97 Å². The number of benzene rings is 1. The van der Waals surface area contributed by atoms with Gasteiger partial charge >= 0.3 is 5.97 Å². The maximum absolute atomic E-state index is 13.8. The molecule has 0 aliphatic carbocycles. The van der Waals surface area contributed by atoms with Crippen molar-refractivity contribution in [1.82, 2.24) is 9.80 Å². The Morgan fingerprint density at radius 2 is 2.05 bits per heavy atom. The lowest BCUT2D eigenvalue weighted by Crippen LogP contribution is -2.35. The highest BCUT2D eigenvalue weighted by Gasteiger charge is 2.22. The molecule has 4 nitrogen and oxygen atoms in total. The second-order valence-corrected chi connectivity index (χ2v) is 5.26. The Balaban J connectivity index is 2.00. The van der Waals surface area contributed by atoms with Gasteiger partial charge in [0.2, 0.25) is 0 Å². The number of nitrogens with zero attached hydrogens (tertiary/aromatic N) is 2. The van der Waals surface area contributed by atoms with E-state index in [1.165, 1.54) is 6.07 Å². The van der Waals surface area contributed by atoms with Crippen molar-refractivity contribution in [3.8, 4) is 0 Å². The lowest BCUT2D eigenvalue weighted by Gasteiger charge is -2.28.